The van der Waals surface area contributed by atoms with Crippen LogP contribution in [0.3, 0.4) is 0 Å². The number of nitrogens with one attached hydrogen (secondary N) is 1. The molecule has 110 valence electrons. The summed E-state index contributed by atoms with van der Waals surface area (Å²) in [5.41, 5.74) is 2.11. The number of benzene rings is 1. The first kappa shape index (κ1) is 13.8. The Kier molecular flexibility index (Phi) is 3.99. The van der Waals surface area contributed by atoms with Gasteiger partial charge >= 0.3 is 0 Å². The summed E-state index contributed by atoms with van der Waals surface area (Å²) < 4.78 is 1.70. The minimum Gasteiger partial charge on any atom is -0.348 e. The minimum absolute atomic E-state index is 0.110. The van der Waals surface area contributed by atoms with Crippen LogP contribution in [0.2, 0.25) is 0 Å². The smallest absolute Gasteiger partial charge is 0.273 e. The highest BCUT2D eigenvalue weighted by atomic mass is 16.2. The predicted octanol–water partition coefficient (Wildman–Crippen LogP) is 2.64. The Balaban J connectivity index is 1.77. The summed E-state index contributed by atoms with van der Waals surface area (Å²) in [6.07, 6.45) is 5.80. The van der Waals surface area contributed by atoms with Crippen molar-refractivity contribution in [3.8, 4) is 5.69 Å². The maximum absolute atomic E-state index is 12.4. The number of hydrogen-bond acceptors (Lipinski definition) is 3. The van der Waals surface area contributed by atoms with E-state index < -0.39 is 0 Å². The predicted molar refractivity (Wildman–Crippen MR) is 80.4 cm³/mol. The quantitative estimate of drug-likeness (QED) is 0.942. The summed E-state index contributed by atoms with van der Waals surface area (Å²) in [6.45, 7) is 1.88. The maximum Gasteiger partial charge on any atom is 0.273 e. The van der Waals surface area contributed by atoms with Crippen LogP contribution in [0.5, 0.6) is 0 Å². The van der Waals surface area contributed by atoms with Crippen molar-refractivity contribution in [2.45, 2.75) is 45.1 Å². The molecule has 1 aliphatic rings. The van der Waals surface area contributed by atoms with E-state index in [0.717, 1.165) is 24.2 Å². The Hall–Kier alpha value is -2.17. The second kappa shape index (κ2) is 6.08. The van der Waals surface area contributed by atoms with Crippen LogP contribution in [-0.4, -0.2) is 26.9 Å². The molecular weight excluding hydrogens is 264 g/mol. The first-order valence-electron chi connectivity index (χ1n) is 7.54. The number of aromatic nitrogens is 3. The van der Waals surface area contributed by atoms with Crippen LogP contribution >= 0.6 is 0 Å². The standard InChI is InChI=1S/C16H20N4O/c1-12-15(16(21)17-13-8-4-2-5-9-13)18-19-20(12)14-10-6-3-7-11-14/h3,6-7,10-11,13H,2,4-5,8-9H2,1H3,(H,17,21). The van der Waals surface area contributed by atoms with Gasteiger partial charge < -0.3 is 5.32 Å². The van der Waals surface area contributed by atoms with Gasteiger partial charge in [-0.25, -0.2) is 4.68 Å². The topological polar surface area (TPSA) is 59.8 Å². The van der Waals surface area contributed by atoms with E-state index in [-0.39, 0.29) is 11.9 Å². The third-order valence-corrected chi connectivity index (χ3v) is 4.05. The SMILES string of the molecule is Cc1c(C(=O)NC2CCCCC2)nnn1-c1ccccc1. The van der Waals surface area contributed by atoms with Crippen LogP contribution < -0.4 is 5.32 Å². The van der Waals surface area contributed by atoms with E-state index in [1.54, 1.807) is 4.68 Å². The van der Waals surface area contributed by atoms with Crippen molar-refractivity contribution < 1.29 is 4.79 Å². The van der Waals surface area contributed by atoms with Crippen molar-refractivity contribution in [3.05, 3.63) is 41.7 Å². The van der Waals surface area contributed by atoms with E-state index in [1.807, 2.05) is 37.3 Å². The fourth-order valence-electron chi connectivity index (χ4n) is 2.85. The van der Waals surface area contributed by atoms with Gasteiger partial charge in [0.1, 0.15) is 0 Å². The molecule has 1 amide bonds. The molecular formula is C16H20N4O. The van der Waals surface area contributed by atoms with Crippen LogP contribution in [0.15, 0.2) is 30.3 Å². The van der Waals surface area contributed by atoms with Gasteiger partial charge in [-0.2, -0.15) is 0 Å². The van der Waals surface area contributed by atoms with Gasteiger partial charge in [0.15, 0.2) is 5.69 Å². The van der Waals surface area contributed by atoms with E-state index >= 15 is 0 Å². The molecule has 1 heterocycles. The van der Waals surface area contributed by atoms with Crippen LogP contribution in [0, 0.1) is 6.92 Å². The highest BCUT2D eigenvalue weighted by Crippen LogP contribution is 2.18. The lowest BCUT2D eigenvalue weighted by Crippen LogP contribution is -2.36. The Morgan fingerprint density at radius 2 is 1.90 bits per heavy atom. The first-order chi connectivity index (χ1) is 10.3. The van der Waals surface area contributed by atoms with Crippen LogP contribution in [0.1, 0.15) is 48.3 Å². The second-order valence-electron chi connectivity index (χ2n) is 5.58. The molecule has 0 saturated heterocycles. The van der Waals surface area contributed by atoms with Gasteiger partial charge in [0.2, 0.25) is 0 Å². The highest BCUT2D eigenvalue weighted by Gasteiger charge is 2.21. The van der Waals surface area contributed by atoms with Gasteiger partial charge in [-0.15, -0.1) is 5.10 Å². The first-order valence-corrected chi connectivity index (χ1v) is 7.54. The Morgan fingerprint density at radius 1 is 1.19 bits per heavy atom. The average Bonchev–Trinajstić information content (AvgIpc) is 2.91. The van der Waals surface area contributed by atoms with Gasteiger partial charge in [0.25, 0.3) is 5.91 Å². The Labute approximate surface area is 124 Å². The number of hydrogen-bond donors (Lipinski definition) is 1. The molecule has 0 spiro atoms. The average molecular weight is 284 g/mol. The third kappa shape index (κ3) is 2.96. The highest BCUT2D eigenvalue weighted by molar-refractivity contribution is 5.93. The largest absolute Gasteiger partial charge is 0.348 e. The molecule has 0 radical (unpaired) electrons. The van der Waals surface area contributed by atoms with E-state index in [1.165, 1.54) is 19.3 Å². The minimum atomic E-state index is -0.110. The van der Waals surface area contributed by atoms with Crippen molar-refractivity contribution in [2.75, 3.05) is 0 Å². The molecule has 1 saturated carbocycles. The lowest BCUT2D eigenvalue weighted by Gasteiger charge is -2.22. The lowest BCUT2D eigenvalue weighted by molar-refractivity contribution is 0.0922. The molecule has 2 aromatic rings. The number of amides is 1. The van der Waals surface area contributed by atoms with Gasteiger partial charge in [0.05, 0.1) is 11.4 Å². The fourth-order valence-corrected chi connectivity index (χ4v) is 2.85. The molecule has 1 aromatic carbocycles. The molecule has 5 nitrogen and oxygen atoms in total. The zero-order chi connectivity index (χ0) is 14.7. The van der Waals surface area contributed by atoms with Crippen molar-refractivity contribution >= 4 is 5.91 Å². The molecule has 1 aromatic heterocycles. The summed E-state index contributed by atoms with van der Waals surface area (Å²) >= 11 is 0. The van der Waals surface area contributed by atoms with Gasteiger partial charge in [0, 0.05) is 6.04 Å². The lowest BCUT2D eigenvalue weighted by atomic mass is 9.95. The van der Waals surface area contributed by atoms with Crippen molar-refractivity contribution in [2.24, 2.45) is 0 Å². The number of carbonyl (C=O) groups excluding carboxylic acids is 1. The van der Waals surface area contributed by atoms with Crippen LogP contribution in [0.4, 0.5) is 0 Å². The number of nitrogens with zero attached hydrogens (tertiary/aromatic N) is 3. The molecule has 1 aliphatic carbocycles. The zero-order valence-electron chi connectivity index (χ0n) is 12.2. The van der Waals surface area contributed by atoms with E-state index in [9.17, 15) is 4.79 Å². The number of carbonyl (C=O) groups is 1. The van der Waals surface area contributed by atoms with Gasteiger partial charge in [-0.3, -0.25) is 4.79 Å². The van der Waals surface area contributed by atoms with Crippen molar-refractivity contribution in [3.63, 3.8) is 0 Å². The fraction of sp³-hybridized carbons (Fsp3) is 0.438. The molecule has 3 rings (SSSR count). The third-order valence-electron chi connectivity index (χ3n) is 4.05. The molecule has 5 heteroatoms. The zero-order valence-corrected chi connectivity index (χ0v) is 12.2. The summed E-state index contributed by atoms with van der Waals surface area (Å²) in [5.74, 6) is -0.110. The second-order valence-corrected chi connectivity index (χ2v) is 5.58. The number of rotatable bonds is 3. The molecule has 0 atom stereocenters. The van der Waals surface area contributed by atoms with E-state index in [4.69, 9.17) is 0 Å². The summed E-state index contributed by atoms with van der Waals surface area (Å²) in [6, 6.07) is 10.0. The van der Waals surface area contributed by atoms with Crippen molar-refractivity contribution in [1.29, 1.82) is 0 Å². The molecule has 0 unspecified atom stereocenters. The molecule has 21 heavy (non-hydrogen) atoms. The Morgan fingerprint density at radius 3 is 2.62 bits per heavy atom. The summed E-state index contributed by atoms with van der Waals surface area (Å²) in [7, 11) is 0. The molecule has 1 fully saturated rings. The van der Waals surface area contributed by atoms with E-state index in [2.05, 4.69) is 15.6 Å². The normalized spacial score (nSPS) is 15.9. The molecule has 1 N–H and O–H groups in total. The van der Waals surface area contributed by atoms with Gasteiger partial charge in [-0.1, -0.05) is 42.7 Å². The monoisotopic (exact) mass is 284 g/mol. The van der Waals surface area contributed by atoms with Gasteiger partial charge in [-0.05, 0) is 31.9 Å². The number of para-hydroxylation sites is 1. The summed E-state index contributed by atoms with van der Waals surface area (Å²) in [4.78, 5) is 12.4. The Bertz CT molecular complexity index is 614. The maximum atomic E-state index is 12.4. The molecule has 0 bridgehead atoms. The van der Waals surface area contributed by atoms with Crippen molar-refractivity contribution in [1.82, 2.24) is 20.3 Å². The molecule has 0 aliphatic heterocycles. The summed E-state index contributed by atoms with van der Waals surface area (Å²) in [5, 5.41) is 11.3. The van der Waals surface area contributed by atoms with E-state index in [0.29, 0.717) is 5.69 Å². The van der Waals surface area contributed by atoms with Crippen LogP contribution in [-0.2, 0) is 0 Å². The van der Waals surface area contributed by atoms with Crippen LogP contribution in [0.25, 0.3) is 5.69 Å².